The Morgan fingerprint density at radius 3 is 0.880 bits per heavy atom. The molecule has 0 fully saturated rings. The van der Waals surface area contributed by atoms with Crippen molar-refractivity contribution in [2.75, 3.05) is 0 Å². The molecule has 1 spiro atoms. The first kappa shape index (κ1) is 34.4. The Balaban J connectivity index is 0.000000155. The molecule has 0 atom stereocenters. The normalized spacial score (nSPS) is 12.1. The zero-order valence-corrected chi connectivity index (χ0v) is 30.6. The van der Waals surface area contributed by atoms with Crippen LogP contribution in [0.2, 0.25) is 0 Å². The van der Waals surface area contributed by atoms with Gasteiger partial charge in [0.2, 0.25) is 0 Å². The topological polar surface area (TPSA) is 0 Å². The third-order valence-electron chi connectivity index (χ3n) is 9.80. The van der Waals surface area contributed by atoms with E-state index in [1.54, 1.807) is 0 Å². The minimum Gasteiger partial charge on any atom is -0.0683 e. The molecule has 0 saturated heterocycles. The summed E-state index contributed by atoms with van der Waals surface area (Å²) < 4.78 is 0. The second kappa shape index (κ2) is 15.0. The molecule has 0 saturated carbocycles. The molecule has 2 aliphatic carbocycles. The molecule has 0 aliphatic heterocycles. The van der Waals surface area contributed by atoms with E-state index in [4.69, 9.17) is 0 Å². The van der Waals surface area contributed by atoms with Crippen LogP contribution >= 0.6 is 0 Å². The van der Waals surface area contributed by atoms with Crippen molar-refractivity contribution in [3.63, 3.8) is 0 Å². The molecule has 0 N–H and O–H groups in total. The van der Waals surface area contributed by atoms with E-state index in [1.807, 2.05) is 41.5 Å². The van der Waals surface area contributed by atoms with E-state index in [0.29, 0.717) is 0 Å². The van der Waals surface area contributed by atoms with Crippen molar-refractivity contribution in [2.45, 2.75) is 53.9 Å². The molecule has 8 aromatic carbocycles. The van der Waals surface area contributed by atoms with E-state index in [0.717, 1.165) is 0 Å². The maximum absolute atomic E-state index is 2.31. The summed E-state index contributed by atoms with van der Waals surface area (Å²) in [6.45, 7) is 14.2. The fourth-order valence-electron chi connectivity index (χ4n) is 8.07. The molecule has 0 heteroatoms. The van der Waals surface area contributed by atoms with Crippen LogP contribution in [0.25, 0.3) is 54.6 Å². The molecular weight excluding hydrogens is 601 g/mol. The summed E-state index contributed by atoms with van der Waals surface area (Å²) >= 11 is 0. The minimum atomic E-state index is -0.180. The number of hydrogen-bond acceptors (Lipinski definition) is 0. The Hall–Kier alpha value is -5.46. The summed E-state index contributed by atoms with van der Waals surface area (Å²) in [5.41, 5.74) is 12.2. The van der Waals surface area contributed by atoms with E-state index in [-0.39, 0.29) is 5.41 Å². The molecule has 50 heavy (non-hydrogen) atoms. The first-order chi connectivity index (χ1) is 24.8. The first-order valence-corrected chi connectivity index (χ1v) is 18.5. The predicted octanol–water partition coefficient (Wildman–Crippen LogP) is 14.6. The highest BCUT2D eigenvalue weighted by atomic mass is 14.5. The summed E-state index contributed by atoms with van der Waals surface area (Å²) in [5, 5.41) is 8.08. The van der Waals surface area contributed by atoms with Gasteiger partial charge in [0, 0.05) is 0 Å². The van der Waals surface area contributed by atoms with Gasteiger partial charge in [0.25, 0.3) is 0 Å². The van der Waals surface area contributed by atoms with Crippen LogP contribution in [-0.4, -0.2) is 0 Å². The van der Waals surface area contributed by atoms with E-state index in [1.165, 1.54) is 82.4 Å². The molecule has 0 unspecified atom stereocenters. The minimum absolute atomic E-state index is 0.180. The van der Waals surface area contributed by atoms with E-state index in [2.05, 4.69) is 171 Å². The average Bonchev–Trinajstić information content (AvgIpc) is 3.68. The Bertz CT molecular complexity index is 2180. The van der Waals surface area contributed by atoms with Gasteiger partial charge in [0.15, 0.2) is 0 Å². The van der Waals surface area contributed by atoms with Crippen LogP contribution in [0.4, 0.5) is 0 Å². The lowest BCUT2D eigenvalue weighted by molar-refractivity contribution is 0.794. The standard InChI is InChI=1S/C25H16.C19H14.3C2H6/c1-5-13-21-17(9-1)18-10-2-6-14-22(18)25(21)23-15-7-3-11-19(23)20-12-4-8-16-24(20)25;1-13-10-11-18-16-8-3-2-6-14(16)15-7-4-5-9-17(15)19(18)12-13;3*1-2/h1-16H;2-12H,1H3;3*1-2H3. The van der Waals surface area contributed by atoms with Crippen molar-refractivity contribution in [3.05, 3.63) is 192 Å². The van der Waals surface area contributed by atoms with Gasteiger partial charge in [0.1, 0.15) is 0 Å². The SMILES string of the molecule is CC.CC.CC.Cc1ccc2c3ccccc3c3ccccc3c2c1.c1ccc2c(c1)-c1ccccc1C21c2ccccc2-c2ccccc21. The van der Waals surface area contributed by atoms with Gasteiger partial charge < -0.3 is 0 Å². The number of fused-ring (bicyclic) bond motifs is 16. The van der Waals surface area contributed by atoms with Crippen LogP contribution in [-0.2, 0) is 5.41 Å². The first-order valence-electron chi connectivity index (χ1n) is 18.5. The summed E-state index contributed by atoms with van der Waals surface area (Å²) in [4.78, 5) is 0. The van der Waals surface area contributed by atoms with Gasteiger partial charge in [-0.3, -0.25) is 0 Å². The Labute approximate surface area is 299 Å². The van der Waals surface area contributed by atoms with Crippen molar-refractivity contribution in [2.24, 2.45) is 0 Å². The molecule has 2 aliphatic rings. The van der Waals surface area contributed by atoms with Crippen LogP contribution < -0.4 is 0 Å². The van der Waals surface area contributed by atoms with Gasteiger partial charge in [0.05, 0.1) is 5.41 Å². The van der Waals surface area contributed by atoms with Crippen molar-refractivity contribution in [1.29, 1.82) is 0 Å². The quantitative estimate of drug-likeness (QED) is 0.144. The Morgan fingerprint density at radius 2 is 0.540 bits per heavy atom. The lowest BCUT2D eigenvalue weighted by atomic mass is 9.70. The highest BCUT2D eigenvalue weighted by molar-refractivity contribution is 6.25. The van der Waals surface area contributed by atoms with Gasteiger partial charge in [-0.25, -0.2) is 0 Å². The molecule has 0 bridgehead atoms. The fraction of sp³-hybridized carbons (Fsp3) is 0.160. The summed E-state index contributed by atoms with van der Waals surface area (Å²) in [6.07, 6.45) is 0. The van der Waals surface area contributed by atoms with Crippen molar-refractivity contribution < 1.29 is 0 Å². The zero-order chi connectivity index (χ0) is 35.3. The molecule has 0 nitrogen and oxygen atoms in total. The van der Waals surface area contributed by atoms with Crippen LogP contribution in [0.5, 0.6) is 0 Å². The van der Waals surface area contributed by atoms with Crippen LogP contribution in [0, 0.1) is 6.92 Å². The fourth-order valence-corrected chi connectivity index (χ4v) is 8.07. The van der Waals surface area contributed by atoms with Gasteiger partial charge in [-0.2, -0.15) is 0 Å². The third kappa shape index (κ3) is 5.31. The maximum Gasteiger partial charge on any atom is 0.0725 e. The monoisotopic (exact) mass is 648 g/mol. The van der Waals surface area contributed by atoms with Crippen molar-refractivity contribution >= 4 is 32.3 Å². The zero-order valence-electron chi connectivity index (χ0n) is 30.6. The lowest BCUT2D eigenvalue weighted by Gasteiger charge is -2.30. The molecule has 0 aromatic heterocycles. The molecule has 0 heterocycles. The van der Waals surface area contributed by atoms with Crippen LogP contribution in [0.15, 0.2) is 164 Å². The summed E-state index contributed by atoms with van der Waals surface area (Å²) in [6, 6.07) is 59.8. The smallest absolute Gasteiger partial charge is 0.0683 e. The number of benzene rings is 8. The van der Waals surface area contributed by atoms with Gasteiger partial charge in [-0.15, -0.1) is 0 Å². The summed E-state index contributed by atoms with van der Waals surface area (Å²) in [5.74, 6) is 0. The molecule has 0 radical (unpaired) electrons. The van der Waals surface area contributed by atoms with E-state index >= 15 is 0 Å². The molecular formula is C50H48. The van der Waals surface area contributed by atoms with Crippen LogP contribution in [0.3, 0.4) is 0 Å². The largest absolute Gasteiger partial charge is 0.0725 e. The molecule has 10 rings (SSSR count). The second-order valence-electron chi connectivity index (χ2n) is 12.1. The van der Waals surface area contributed by atoms with E-state index < -0.39 is 0 Å². The average molecular weight is 649 g/mol. The Morgan fingerprint density at radius 1 is 0.280 bits per heavy atom. The van der Waals surface area contributed by atoms with Gasteiger partial charge >= 0.3 is 0 Å². The third-order valence-corrected chi connectivity index (χ3v) is 9.80. The lowest BCUT2D eigenvalue weighted by Crippen LogP contribution is -2.25. The van der Waals surface area contributed by atoms with Gasteiger partial charge in [-0.1, -0.05) is 211 Å². The summed E-state index contributed by atoms with van der Waals surface area (Å²) in [7, 11) is 0. The second-order valence-corrected chi connectivity index (χ2v) is 12.1. The molecule has 248 valence electrons. The predicted molar refractivity (Wildman–Crippen MR) is 220 cm³/mol. The van der Waals surface area contributed by atoms with Crippen molar-refractivity contribution in [3.8, 4) is 22.3 Å². The highest BCUT2D eigenvalue weighted by Crippen LogP contribution is 2.62. The van der Waals surface area contributed by atoms with E-state index in [9.17, 15) is 0 Å². The Kier molecular flexibility index (Phi) is 10.3. The maximum atomic E-state index is 2.31. The number of rotatable bonds is 0. The number of hydrogen-bond donors (Lipinski definition) is 0. The molecule has 8 aromatic rings. The molecule has 0 amide bonds. The van der Waals surface area contributed by atoms with Crippen molar-refractivity contribution in [1.82, 2.24) is 0 Å². The van der Waals surface area contributed by atoms with Crippen LogP contribution in [0.1, 0.15) is 69.4 Å². The van der Waals surface area contributed by atoms with Gasteiger partial charge in [-0.05, 0) is 83.7 Å². The number of aryl methyl sites for hydroxylation is 1. The highest BCUT2D eigenvalue weighted by Gasteiger charge is 2.51.